The second-order valence-electron chi connectivity index (χ2n) is 4.99. The molecule has 6 nitrogen and oxygen atoms in total. The van der Waals surface area contributed by atoms with Crippen LogP contribution in [0.4, 0.5) is 0 Å². The molecule has 6 heteroatoms. The average molecular weight is 273 g/mol. The van der Waals surface area contributed by atoms with Gasteiger partial charge < -0.3 is 5.73 Å². The first-order valence-electron chi connectivity index (χ1n) is 6.57. The van der Waals surface area contributed by atoms with E-state index in [1.807, 2.05) is 44.2 Å². The van der Waals surface area contributed by atoms with Gasteiger partial charge in [0.1, 0.15) is 11.4 Å². The summed E-state index contributed by atoms with van der Waals surface area (Å²) in [4.78, 5) is 11.4. The predicted molar refractivity (Wildman–Crippen MR) is 76.5 cm³/mol. The molecular weight excluding hydrogens is 254 g/mol. The third-order valence-electron chi connectivity index (χ3n) is 3.13. The van der Waals surface area contributed by atoms with Crippen molar-refractivity contribution in [2.75, 3.05) is 0 Å². The largest absolute Gasteiger partial charge is 0.368 e. The highest BCUT2D eigenvalue weighted by molar-refractivity contribution is 5.80. The highest BCUT2D eigenvalue weighted by atomic mass is 16.1. The van der Waals surface area contributed by atoms with Crippen LogP contribution in [0.1, 0.15) is 19.5 Å². The van der Waals surface area contributed by atoms with Crippen LogP contribution in [0.25, 0.3) is 11.3 Å². The molecule has 0 aliphatic rings. The van der Waals surface area contributed by atoms with Crippen molar-refractivity contribution >= 4 is 5.91 Å². The molecule has 0 bridgehead atoms. The number of nitrogens with one attached hydrogen (secondary N) is 2. The Labute approximate surface area is 117 Å². The fraction of sp³-hybridized carbons (Fsp3) is 0.357. The first-order valence-corrected chi connectivity index (χ1v) is 6.57. The summed E-state index contributed by atoms with van der Waals surface area (Å²) in [5.41, 5.74) is 7.91. The number of hydrogen-bond donors (Lipinski definition) is 3. The minimum Gasteiger partial charge on any atom is -0.368 e. The Morgan fingerprint density at radius 3 is 2.60 bits per heavy atom. The van der Waals surface area contributed by atoms with Crippen LogP contribution in [0.5, 0.6) is 0 Å². The van der Waals surface area contributed by atoms with Gasteiger partial charge in [0.15, 0.2) is 0 Å². The number of carbonyl (C=O) groups excluding carboxylic acids is 1. The summed E-state index contributed by atoms with van der Waals surface area (Å²) in [6.45, 7) is 4.33. The van der Waals surface area contributed by atoms with Gasteiger partial charge in [0.2, 0.25) is 5.91 Å². The number of primary amides is 1. The molecule has 1 atom stereocenters. The lowest BCUT2D eigenvalue weighted by Crippen LogP contribution is -2.44. The van der Waals surface area contributed by atoms with Crippen molar-refractivity contribution in [2.24, 2.45) is 11.7 Å². The van der Waals surface area contributed by atoms with Gasteiger partial charge >= 0.3 is 0 Å². The fourth-order valence-corrected chi connectivity index (χ4v) is 2.07. The van der Waals surface area contributed by atoms with E-state index in [0.29, 0.717) is 6.54 Å². The Hall–Kier alpha value is -2.21. The number of nitrogens with zero attached hydrogens (tertiary/aromatic N) is 2. The zero-order valence-electron chi connectivity index (χ0n) is 11.6. The summed E-state index contributed by atoms with van der Waals surface area (Å²) in [6, 6.07) is 9.40. The third kappa shape index (κ3) is 3.21. The van der Waals surface area contributed by atoms with Gasteiger partial charge in [-0.3, -0.25) is 10.1 Å². The molecule has 1 aromatic carbocycles. The molecule has 1 heterocycles. The van der Waals surface area contributed by atoms with Crippen molar-refractivity contribution in [2.45, 2.75) is 26.4 Å². The number of rotatable bonds is 6. The van der Waals surface area contributed by atoms with Gasteiger partial charge in [-0.15, -0.1) is 0 Å². The second-order valence-corrected chi connectivity index (χ2v) is 4.99. The molecular formula is C14H19N5O. The molecule has 1 unspecified atom stereocenters. The summed E-state index contributed by atoms with van der Waals surface area (Å²) in [7, 11) is 0. The maximum Gasteiger partial charge on any atom is 0.234 e. The molecule has 2 rings (SSSR count). The van der Waals surface area contributed by atoms with E-state index in [-0.39, 0.29) is 17.9 Å². The number of H-pyrrole nitrogens is 1. The van der Waals surface area contributed by atoms with Gasteiger partial charge in [-0.1, -0.05) is 44.2 Å². The number of benzene rings is 1. The SMILES string of the molecule is CC(C)C(NCc1n[nH]nc1-c1ccccc1)C(N)=O. The summed E-state index contributed by atoms with van der Waals surface area (Å²) in [5, 5.41) is 14.1. The highest BCUT2D eigenvalue weighted by Crippen LogP contribution is 2.19. The van der Waals surface area contributed by atoms with Gasteiger partial charge in [-0.2, -0.15) is 15.4 Å². The normalized spacial score (nSPS) is 12.6. The lowest BCUT2D eigenvalue weighted by atomic mass is 10.0. The van der Waals surface area contributed by atoms with Crippen LogP contribution in [-0.4, -0.2) is 27.4 Å². The molecule has 0 radical (unpaired) electrons. The molecule has 0 fully saturated rings. The van der Waals surface area contributed by atoms with Crippen LogP contribution in [0.3, 0.4) is 0 Å². The second kappa shape index (κ2) is 6.29. The van der Waals surface area contributed by atoms with Gasteiger partial charge in [0.05, 0.1) is 6.04 Å². The van der Waals surface area contributed by atoms with Crippen LogP contribution in [0.15, 0.2) is 30.3 Å². The zero-order chi connectivity index (χ0) is 14.5. The Bertz CT molecular complexity index is 564. The molecule has 0 aliphatic heterocycles. The van der Waals surface area contributed by atoms with E-state index < -0.39 is 0 Å². The molecule has 1 aromatic heterocycles. The topological polar surface area (TPSA) is 96.7 Å². The number of aromatic nitrogens is 3. The van der Waals surface area contributed by atoms with Gasteiger partial charge in [-0.05, 0) is 5.92 Å². The molecule has 106 valence electrons. The maximum absolute atomic E-state index is 11.4. The number of carbonyl (C=O) groups is 1. The quantitative estimate of drug-likeness (QED) is 0.733. The number of amides is 1. The van der Waals surface area contributed by atoms with Crippen LogP contribution in [0.2, 0.25) is 0 Å². The molecule has 0 saturated carbocycles. The minimum absolute atomic E-state index is 0.125. The minimum atomic E-state index is -0.379. The molecule has 4 N–H and O–H groups in total. The van der Waals surface area contributed by atoms with Crippen molar-refractivity contribution in [3.05, 3.63) is 36.0 Å². The number of nitrogens with two attached hydrogens (primary N) is 1. The molecule has 0 saturated heterocycles. The van der Waals surface area contributed by atoms with Crippen LogP contribution >= 0.6 is 0 Å². The van der Waals surface area contributed by atoms with E-state index in [4.69, 9.17) is 5.73 Å². The van der Waals surface area contributed by atoms with Crippen LogP contribution < -0.4 is 11.1 Å². The maximum atomic E-state index is 11.4. The molecule has 0 aliphatic carbocycles. The standard InChI is InChI=1S/C14H19N5O/c1-9(2)12(14(15)20)16-8-11-13(18-19-17-11)10-6-4-3-5-7-10/h3-7,9,12,16H,8H2,1-2H3,(H2,15,20)(H,17,18,19). The molecule has 1 amide bonds. The Morgan fingerprint density at radius 2 is 2.00 bits per heavy atom. The molecule has 0 spiro atoms. The van der Waals surface area contributed by atoms with Gasteiger partial charge in [-0.25, -0.2) is 0 Å². The van der Waals surface area contributed by atoms with Crippen molar-refractivity contribution in [1.82, 2.24) is 20.7 Å². The van der Waals surface area contributed by atoms with Crippen molar-refractivity contribution in [3.8, 4) is 11.3 Å². The summed E-state index contributed by atoms with van der Waals surface area (Å²) in [5.74, 6) is -0.232. The van der Waals surface area contributed by atoms with Gasteiger partial charge in [0.25, 0.3) is 0 Å². The fourth-order valence-electron chi connectivity index (χ4n) is 2.07. The van der Waals surface area contributed by atoms with E-state index in [1.54, 1.807) is 0 Å². The van der Waals surface area contributed by atoms with E-state index in [2.05, 4.69) is 20.7 Å². The summed E-state index contributed by atoms with van der Waals surface area (Å²) in [6.07, 6.45) is 0. The van der Waals surface area contributed by atoms with E-state index in [9.17, 15) is 4.79 Å². The predicted octanol–water partition coefficient (Wildman–Crippen LogP) is 1.07. The van der Waals surface area contributed by atoms with Crippen molar-refractivity contribution in [1.29, 1.82) is 0 Å². The van der Waals surface area contributed by atoms with Gasteiger partial charge in [0, 0.05) is 12.1 Å². The average Bonchev–Trinajstić information content (AvgIpc) is 2.87. The number of hydrogen-bond acceptors (Lipinski definition) is 4. The van der Waals surface area contributed by atoms with E-state index in [0.717, 1.165) is 17.0 Å². The summed E-state index contributed by atoms with van der Waals surface area (Å²) < 4.78 is 0. The Kier molecular flexibility index (Phi) is 4.47. The van der Waals surface area contributed by atoms with Crippen molar-refractivity contribution < 1.29 is 4.79 Å². The lowest BCUT2D eigenvalue weighted by molar-refractivity contribution is -0.121. The van der Waals surface area contributed by atoms with E-state index >= 15 is 0 Å². The molecule has 2 aromatic rings. The smallest absolute Gasteiger partial charge is 0.234 e. The lowest BCUT2D eigenvalue weighted by Gasteiger charge is -2.18. The Balaban J connectivity index is 2.12. The van der Waals surface area contributed by atoms with Crippen LogP contribution in [0, 0.1) is 5.92 Å². The van der Waals surface area contributed by atoms with E-state index in [1.165, 1.54) is 0 Å². The number of aromatic amines is 1. The molecule has 20 heavy (non-hydrogen) atoms. The third-order valence-corrected chi connectivity index (χ3v) is 3.13. The van der Waals surface area contributed by atoms with Crippen LogP contribution in [-0.2, 0) is 11.3 Å². The van der Waals surface area contributed by atoms with Crippen molar-refractivity contribution in [3.63, 3.8) is 0 Å². The monoisotopic (exact) mass is 273 g/mol. The first-order chi connectivity index (χ1) is 9.59. The Morgan fingerprint density at radius 1 is 1.30 bits per heavy atom. The first kappa shape index (κ1) is 14.2. The zero-order valence-corrected chi connectivity index (χ0v) is 11.6. The summed E-state index contributed by atoms with van der Waals surface area (Å²) >= 11 is 0. The highest BCUT2D eigenvalue weighted by Gasteiger charge is 2.20.